The summed E-state index contributed by atoms with van der Waals surface area (Å²) < 4.78 is 0. The number of hydrogen-bond acceptors (Lipinski definition) is 0. The largest absolute Gasteiger partial charge is 0.122 e. The summed E-state index contributed by atoms with van der Waals surface area (Å²) >= 11 is 17.2. The molecule has 1 aromatic rings. The summed E-state index contributed by atoms with van der Waals surface area (Å²) in [6, 6.07) is 6.78. The van der Waals surface area contributed by atoms with Crippen LogP contribution in [-0.2, 0) is 17.6 Å². The fourth-order valence-corrected chi connectivity index (χ4v) is 1.86. The Kier molecular flexibility index (Phi) is 4.20. The predicted molar refractivity (Wildman–Crippen MR) is 53.9 cm³/mol. The molecule has 3 heteroatoms. The Hall–Kier alpha value is 0.0900. The third-order valence-electron chi connectivity index (χ3n) is 1.71. The molecule has 0 bridgehead atoms. The highest BCUT2D eigenvalue weighted by molar-refractivity contribution is 6.19. The highest BCUT2D eigenvalue weighted by atomic mass is 35.5. The second-order valence-electron chi connectivity index (χ2n) is 2.36. The van der Waals surface area contributed by atoms with Crippen LogP contribution in [0.25, 0.3) is 0 Å². The maximum absolute atomic E-state index is 5.76. The molecule has 65 valence electrons. The average Bonchev–Trinajstić information content (AvgIpc) is 2.16. The lowest BCUT2D eigenvalue weighted by atomic mass is 10.0. The zero-order chi connectivity index (χ0) is 8.97. The van der Waals surface area contributed by atoms with Crippen LogP contribution < -0.4 is 0 Å². The molecular formula is C9H8Cl3. The Bertz CT molecular complexity index is 236. The summed E-state index contributed by atoms with van der Waals surface area (Å²) in [7, 11) is 0. The van der Waals surface area contributed by atoms with Gasteiger partial charge in [-0.1, -0.05) is 12.1 Å². The quantitative estimate of drug-likeness (QED) is 0.684. The van der Waals surface area contributed by atoms with E-state index in [2.05, 4.69) is 6.07 Å². The fourth-order valence-electron chi connectivity index (χ4n) is 1.04. The summed E-state index contributed by atoms with van der Waals surface area (Å²) in [5, 5.41) is 0. The van der Waals surface area contributed by atoms with Crippen molar-refractivity contribution in [2.45, 2.75) is 17.6 Å². The van der Waals surface area contributed by atoms with Crippen LogP contribution in [0.1, 0.15) is 16.7 Å². The molecule has 0 unspecified atom stereocenters. The van der Waals surface area contributed by atoms with E-state index < -0.39 is 0 Å². The molecule has 1 rings (SSSR count). The van der Waals surface area contributed by atoms with E-state index in [4.69, 9.17) is 34.8 Å². The molecule has 0 nitrogen and oxygen atoms in total. The van der Waals surface area contributed by atoms with Crippen molar-refractivity contribution < 1.29 is 0 Å². The Morgan fingerprint density at radius 3 is 2.33 bits per heavy atom. The van der Waals surface area contributed by atoms with Crippen LogP contribution in [-0.4, -0.2) is 0 Å². The average molecular weight is 223 g/mol. The molecule has 1 radical (unpaired) electrons. The van der Waals surface area contributed by atoms with E-state index >= 15 is 0 Å². The van der Waals surface area contributed by atoms with Crippen molar-refractivity contribution in [1.82, 2.24) is 0 Å². The minimum Gasteiger partial charge on any atom is -0.122 e. The third kappa shape index (κ3) is 2.07. The molecule has 0 aliphatic heterocycles. The number of rotatable bonds is 3. The molecule has 0 heterocycles. The third-order valence-corrected chi connectivity index (χ3v) is 2.53. The molecule has 0 fully saturated rings. The van der Waals surface area contributed by atoms with Gasteiger partial charge in [-0.15, -0.1) is 34.8 Å². The normalized spacial score (nSPS) is 10.2. The van der Waals surface area contributed by atoms with Gasteiger partial charge in [0.1, 0.15) is 0 Å². The van der Waals surface area contributed by atoms with Gasteiger partial charge in [0.25, 0.3) is 0 Å². The second kappa shape index (κ2) is 4.96. The van der Waals surface area contributed by atoms with Gasteiger partial charge >= 0.3 is 0 Å². The molecular weight excluding hydrogens is 214 g/mol. The number of benzene rings is 1. The summed E-state index contributed by atoms with van der Waals surface area (Å²) in [6.07, 6.45) is 0. The molecule has 0 aliphatic rings. The van der Waals surface area contributed by atoms with Crippen LogP contribution >= 0.6 is 34.8 Å². The molecule has 0 spiro atoms. The van der Waals surface area contributed by atoms with Gasteiger partial charge in [-0.3, -0.25) is 0 Å². The van der Waals surface area contributed by atoms with Gasteiger partial charge in [-0.05, 0) is 22.8 Å². The maximum atomic E-state index is 5.76. The van der Waals surface area contributed by atoms with E-state index in [1.165, 1.54) is 0 Å². The molecule has 0 aliphatic carbocycles. The van der Waals surface area contributed by atoms with Gasteiger partial charge in [0.15, 0.2) is 0 Å². The van der Waals surface area contributed by atoms with Crippen molar-refractivity contribution >= 4 is 34.8 Å². The fraction of sp³-hybridized carbons (Fsp3) is 0.333. The summed E-state index contributed by atoms with van der Waals surface area (Å²) in [5.74, 6) is 1.36. The Morgan fingerprint density at radius 2 is 1.83 bits per heavy atom. The smallest absolute Gasteiger partial charge is 0.0483 e. The highest BCUT2D eigenvalue weighted by Gasteiger charge is 2.05. The first kappa shape index (κ1) is 10.2. The molecule has 0 aromatic heterocycles. The molecule has 0 atom stereocenters. The lowest BCUT2D eigenvalue weighted by molar-refractivity contribution is 1.19. The Morgan fingerprint density at radius 1 is 1.08 bits per heavy atom. The molecule has 12 heavy (non-hydrogen) atoms. The van der Waals surface area contributed by atoms with E-state index in [1.54, 1.807) is 0 Å². The van der Waals surface area contributed by atoms with Gasteiger partial charge in [0.05, 0.1) is 0 Å². The van der Waals surface area contributed by atoms with Gasteiger partial charge < -0.3 is 0 Å². The first-order chi connectivity index (χ1) is 5.83. The van der Waals surface area contributed by atoms with Crippen LogP contribution in [0.2, 0.25) is 0 Å². The monoisotopic (exact) mass is 221 g/mol. The first-order valence-electron chi connectivity index (χ1n) is 3.52. The van der Waals surface area contributed by atoms with Crippen molar-refractivity contribution in [2.75, 3.05) is 0 Å². The summed E-state index contributed by atoms with van der Waals surface area (Å²) in [5.41, 5.74) is 3.01. The summed E-state index contributed by atoms with van der Waals surface area (Å²) in [6.45, 7) is 0. The van der Waals surface area contributed by atoms with Gasteiger partial charge in [-0.25, -0.2) is 0 Å². The van der Waals surface area contributed by atoms with Crippen molar-refractivity contribution in [1.29, 1.82) is 0 Å². The van der Waals surface area contributed by atoms with Crippen LogP contribution in [0.5, 0.6) is 0 Å². The Balaban J connectivity index is 3.13. The van der Waals surface area contributed by atoms with Crippen LogP contribution in [0.15, 0.2) is 12.1 Å². The predicted octanol–water partition coefficient (Wildman–Crippen LogP) is 3.70. The molecule has 0 saturated heterocycles. The number of alkyl halides is 3. The van der Waals surface area contributed by atoms with E-state index in [0.717, 1.165) is 16.7 Å². The van der Waals surface area contributed by atoms with Crippen molar-refractivity contribution in [3.05, 3.63) is 34.9 Å². The van der Waals surface area contributed by atoms with Crippen molar-refractivity contribution in [2.24, 2.45) is 0 Å². The Labute approximate surface area is 87.4 Å². The zero-order valence-electron chi connectivity index (χ0n) is 6.41. The lowest BCUT2D eigenvalue weighted by Gasteiger charge is -2.07. The minimum absolute atomic E-state index is 0.437. The molecule has 0 N–H and O–H groups in total. The van der Waals surface area contributed by atoms with E-state index in [0.29, 0.717) is 17.6 Å². The zero-order valence-corrected chi connectivity index (χ0v) is 8.68. The first-order valence-corrected chi connectivity index (χ1v) is 5.13. The van der Waals surface area contributed by atoms with Gasteiger partial charge in [-0.2, -0.15) is 0 Å². The van der Waals surface area contributed by atoms with Crippen LogP contribution in [0.4, 0.5) is 0 Å². The van der Waals surface area contributed by atoms with Crippen molar-refractivity contribution in [3.63, 3.8) is 0 Å². The lowest BCUT2D eigenvalue weighted by Crippen LogP contribution is -1.94. The van der Waals surface area contributed by atoms with E-state index in [1.807, 2.05) is 12.1 Å². The molecule has 1 aromatic carbocycles. The standard InChI is InChI=1S/C9H8Cl3/c10-4-7-2-1-3-8(5-11)9(7)6-12/h1-2H,4-6H2. The van der Waals surface area contributed by atoms with Gasteiger partial charge in [0, 0.05) is 17.6 Å². The molecule has 0 saturated carbocycles. The number of hydrogen-bond donors (Lipinski definition) is 0. The van der Waals surface area contributed by atoms with Gasteiger partial charge in [0.2, 0.25) is 0 Å². The SMILES string of the molecule is ClCc1[c]ccc(CCl)c1CCl. The maximum Gasteiger partial charge on any atom is 0.0483 e. The second-order valence-corrected chi connectivity index (χ2v) is 3.16. The van der Waals surface area contributed by atoms with Crippen molar-refractivity contribution in [3.8, 4) is 0 Å². The minimum atomic E-state index is 0.437. The topological polar surface area (TPSA) is 0 Å². The highest BCUT2D eigenvalue weighted by Crippen LogP contribution is 2.19. The van der Waals surface area contributed by atoms with E-state index in [9.17, 15) is 0 Å². The van der Waals surface area contributed by atoms with Crippen LogP contribution in [0, 0.1) is 6.07 Å². The van der Waals surface area contributed by atoms with E-state index in [-0.39, 0.29) is 0 Å². The summed E-state index contributed by atoms with van der Waals surface area (Å²) in [4.78, 5) is 0. The number of halogens is 3. The van der Waals surface area contributed by atoms with Crippen LogP contribution in [0.3, 0.4) is 0 Å². The molecule has 0 amide bonds.